The first kappa shape index (κ1) is 22.6. The van der Waals surface area contributed by atoms with Crippen LogP contribution in [0.25, 0.3) is 10.2 Å². The molecule has 28 heavy (non-hydrogen) atoms. The molecule has 1 aromatic carbocycles. The van der Waals surface area contributed by atoms with Gasteiger partial charge in [-0.25, -0.2) is 4.98 Å². The molecule has 0 aliphatic heterocycles. The van der Waals surface area contributed by atoms with Gasteiger partial charge >= 0.3 is 0 Å². The van der Waals surface area contributed by atoms with Gasteiger partial charge in [-0.05, 0) is 58.1 Å². The first-order valence-electron chi connectivity index (χ1n) is 8.80. The van der Waals surface area contributed by atoms with E-state index in [0.717, 1.165) is 34.3 Å². The zero-order valence-electron chi connectivity index (χ0n) is 16.7. The van der Waals surface area contributed by atoms with E-state index >= 15 is 0 Å². The second kappa shape index (κ2) is 9.22. The predicted octanol–water partition coefficient (Wildman–Crippen LogP) is 4.32. The zero-order chi connectivity index (χ0) is 19.7. The second-order valence-corrected chi connectivity index (χ2v) is 8.34. The van der Waals surface area contributed by atoms with Gasteiger partial charge in [-0.3, -0.25) is 14.4 Å². The number of thiazole rings is 1. The summed E-state index contributed by atoms with van der Waals surface area (Å²) in [6.07, 6.45) is 2.56. The third-order valence-corrected chi connectivity index (χ3v) is 6.01. The smallest absolute Gasteiger partial charge is 0.278 e. The Hall–Kier alpha value is -1.67. The Bertz CT molecular complexity index is 924. The lowest BCUT2D eigenvalue weighted by Gasteiger charge is -2.21. The van der Waals surface area contributed by atoms with Gasteiger partial charge in [-0.1, -0.05) is 29.0 Å². The summed E-state index contributed by atoms with van der Waals surface area (Å²) in [5, 5.41) is 5.55. The Labute approximate surface area is 180 Å². The Morgan fingerprint density at radius 1 is 1.21 bits per heavy atom. The molecule has 0 N–H and O–H groups in total. The summed E-state index contributed by atoms with van der Waals surface area (Å²) in [4.78, 5) is 22.0. The van der Waals surface area contributed by atoms with Crippen molar-refractivity contribution in [1.29, 1.82) is 0 Å². The van der Waals surface area contributed by atoms with Crippen molar-refractivity contribution in [3.8, 4) is 0 Å². The number of amides is 1. The van der Waals surface area contributed by atoms with Crippen LogP contribution >= 0.6 is 35.3 Å². The van der Waals surface area contributed by atoms with Crippen LogP contribution in [0, 0.1) is 13.8 Å². The normalized spacial score (nSPS) is 11.1. The number of carbonyl (C=O) groups excluding carboxylic acids is 1. The minimum absolute atomic E-state index is 0. The number of fused-ring (bicyclic) bond motifs is 1. The lowest BCUT2D eigenvalue weighted by molar-refractivity contribution is 0.0976. The highest BCUT2D eigenvalue weighted by Gasteiger charge is 2.25. The topological polar surface area (TPSA) is 54.3 Å². The van der Waals surface area contributed by atoms with E-state index in [1.54, 1.807) is 22.8 Å². The van der Waals surface area contributed by atoms with E-state index in [1.165, 1.54) is 11.3 Å². The summed E-state index contributed by atoms with van der Waals surface area (Å²) in [6.45, 7) is 5.38. The molecule has 0 saturated carbocycles. The van der Waals surface area contributed by atoms with Crippen molar-refractivity contribution < 1.29 is 4.79 Å². The largest absolute Gasteiger partial charge is 0.309 e. The summed E-state index contributed by atoms with van der Waals surface area (Å²) < 4.78 is 2.54. The fourth-order valence-corrected chi connectivity index (χ4v) is 4.36. The molecule has 6 nitrogen and oxygen atoms in total. The van der Waals surface area contributed by atoms with Crippen LogP contribution < -0.4 is 4.90 Å². The molecule has 0 radical (unpaired) electrons. The average Bonchev–Trinajstić information content (AvgIpc) is 3.19. The van der Waals surface area contributed by atoms with Crippen LogP contribution in [0.1, 0.15) is 28.0 Å². The fourth-order valence-electron chi connectivity index (χ4n) is 3.02. The molecule has 1 amide bonds. The lowest BCUT2D eigenvalue weighted by atomic mass is 10.2. The van der Waals surface area contributed by atoms with Crippen molar-refractivity contribution >= 4 is 56.6 Å². The van der Waals surface area contributed by atoms with Gasteiger partial charge < -0.3 is 4.90 Å². The predicted molar refractivity (Wildman–Crippen MR) is 119 cm³/mol. The molecule has 0 saturated heterocycles. The van der Waals surface area contributed by atoms with Crippen molar-refractivity contribution in [2.24, 2.45) is 7.05 Å². The first-order valence-corrected chi connectivity index (χ1v) is 10.00. The van der Waals surface area contributed by atoms with Crippen LogP contribution in [-0.2, 0) is 7.05 Å². The molecule has 3 aromatic rings. The maximum absolute atomic E-state index is 13.4. The average molecular weight is 442 g/mol. The first-order chi connectivity index (χ1) is 12.8. The number of hydrogen-bond acceptors (Lipinski definition) is 5. The third kappa shape index (κ3) is 4.49. The van der Waals surface area contributed by atoms with E-state index in [-0.39, 0.29) is 18.3 Å². The van der Waals surface area contributed by atoms with Gasteiger partial charge in [-0.2, -0.15) is 5.10 Å². The number of aryl methyl sites for hydroxylation is 3. The van der Waals surface area contributed by atoms with E-state index in [9.17, 15) is 4.79 Å². The molecule has 0 aliphatic rings. The summed E-state index contributed by atoms with van der Waals surface area (Å²) >= 11 is 7.83. The molecule has 0 fully saturated rings. The Morgan fingerprint density at radius 3 is 2.50 bits per heavy atom. The molecule has 0 unspecified atom stereocenters. The SMILES string of the molecule is Cc1cnn(C)c1C(=O)N(CCCN(C)C)c1nc2c(C)ccc(Cl)c2s1.Cl. The number of carbonyl (C=O) groups is 1. The Balaban J connectivity index is 0.00000280. The lowest BCUT2D eigenvalue weighted by Crippen LogP contribution is -2.35. The number of benzene rings is 1. The summed E-state index contributed by atoms with van der Waals surface area (Å²) in [5.74, 6) is -0.0842. The van der Waals surface area contributed by atoms with Crippen molar-refractivity contribution in [2.45, 2.75) is 20.3 Å². The van der Waals surface area contributed by atoms with E-state index in [2.05, 4.69) is 10.00 Å². The van der Waals surface area contributed by atoms with Gasteiger partial charge in [-0.15, -0.1) is 12.4 Å². The number of hydrogen-bond donors (Lipinski definition) is 0. The number of rotatable bonds is 6. The molecular weight excluding hydrogens is 417 g/mol. The standard InChI is InChI=1S/C19H24ClN5OS.ClH/c1-12-7-8-14(20)17-15(12)22-19(27-17)25(10-6-9-23(3)4)18(26)16-13(2)11-21-24(16)5;/h7-8,11H,6,9-10H2,1-5H3;1H. The summed E-state index contributed by atoms with van der Waals surface area (Å²) in [6, 6.07) is 3.84. The van der Waals surface area contributed by atoms with Crippen LogP contribution in [0.15, 0.2) is 18.3 Å². The molecule has 9 heteroatoms. The van der Waals surface area contributed by atoms with Gasteiger partial charge in [0.15, 0.2) is 5.13 Å². The molecule has 0 atom stereocenters. The fraction of sp³-hybridized carbons (Fsp3) is 0.421. The van der Waals surface area contributed by atoms with E-state index in [4.69, 9.17) is 16.6 Å². The second-order valence-electron chi connectivity index (χ2n) is 6.95. The van der Waals surface area contributed by atoms with Gasteiger partial charge in [0.1, 0.15) is 5.69 Å². The van der Waals surface area contributed by atoms with Crippen LogP contribution in [0.3, 0.4) is 0 Å². The highest BCUT2D eigenvalue weighted by Crippen LogP contribution is 2.36. The van der Waals surface area contributed by atoms with E-state index < -0.39 is 0 Å². The van der Waals surface area contributed by atoms with E-state index in [1.807, 2.05) is 40.1 Å². The van der Waals surface area contributed by atoms with Crippen molar-refractivity contribution in [3.05, 3.63) is 40.2 Å². The van der Waals surface area contributed by atoms with Crippen LogP contribution in [0.5, 0.6) is 0 Å². The highest BCUT2D eigenvalue weighted by molar-refractivity contribution is 7.23. The molecule has 2 aromatic heterocycles. The molecule has 0 bridgehead atoms. The van der Waals surface area contributed by atoms with E-state index in [0.29, 0.717) is 22.4 Å². The number of nitrogens with zero attached hydrogens (tertiary/aromatic N) is 5. The van der Waals surface area contributed by atoms with Crippen molar-refractivity contribution in [3.63, 3.8) is 0 Å². The van der Waals surface area contributed by atoms with Gasteiger partial charge in [0, 0.05) is 13.6 Å². The maximum atomic E-state index is 13.4. The molecular formula is C19H25Cl2N5OS. The maximum Gasteiger partial charge on any atom is 0.278 e. The van der Waals surface area contributed by atoms with Crippen LogP contribution in [0.4, 0.5) is 5.13 Å². The summed E-state index contributed by atoms with van der Waals surface area (Å²) in [7, 11) is 5.84. The molecule has 0 aliphatic carbocycles. The molecule has 3 rings (SSSR count). The monoisotopic (exact) mass is 441 g/mol. The molecule has 0 spiro atoms. The number of halogens is 2. The molecule has 152 valence electrons. The number of anilines is 1. The quantitative estimate of drug-likeness (QED) is 0.571. The summed E-state index contributed by atoms with van der Waals surface area (Å²) in [5.41, 5.74) is 3.35. The van der Waals surface area contributed by atoms with Gasteiger partial charge in [0.25, 0.3) is 5.91 Å². The van der Waals surface area contributed by atoms with Crippen LogP contribution in [-0.4, -0.2) is 52.8 Å². The van der Waals surface area contributed by atoms with Gasteiger partial charge in [0.2, 0.25) is 0 Å². The van der Waals surface area contributed by atoms with Crippen molar-refractivity contribution in [1.82, 2.24) is 19.7 Å². The zero-order valence-corrected chi connectivity index (χ0v) is 19.1. The van der Waals surface area contributed by atoms with Gasteiger partial charge in [0.05, 0.1) is 21.4 Å². The minimum Gasteiger partial charge on any atom is -0.309 e. The Kier molecular flexibility index (Phi) is 7.45. The van der Waals surface area contributed by atoms with Crippen molar-refractivity contribution in [2.75, 3.05) is 32.1 Å². The molecule has 2 heterocycles. The third-order valence-electron chi connectivity index (χ3n) is 4.47. The van der Waals surface area contributed by atoms with Crippen LogP contribution in [0.2, 0.25) is 5.02 Å². The number of aromatic nitrogens is 3. The minimum atomic E-state index is -0.0842. The Morgan fingerprint density at radius 2 is 1.93 bits per heavy atom. The highest BCUT2D eigenvalue weighted by atomic mass is 35.5.